The van der Waals surface area contributed by atoms with Crippen molar-refractivity contribution < 1.29 is 4.79 Å². The van der Waals surface area contributed by atoms with Gasteiger partial charge in [0.2, 0.25) is 0 Å². The van der Waals surface area contributed by atoms with Crippen LogP contribution < -0.4 is 5.32 Å². The highest BCUT2D eigenvalue weighted by Crippen LogP contribution is 2.26. The quantitative estimate of drug-likeness (QED) is 0.798. The van der Waals surface area contributed by atoms with Crippen LogP contribution in [0.1, 0.15) is 36.0 Å². The third-order valence-corrected chi connectivity index (χ3v) is 7.21. The number of amides is 1. The van der Waals surface area contributed by atoms with E-state index in [9.17, 15) is 4.79 Å². The van der Waals surface area contributed by atoms with Crippen molar-refractivity contribution in [2.75, 3.05) is 31.1 Å². The minimum atomic E-state index is 0.0475. The molecule has 4 rings (SSSR count). The van der Waals surface area contributed by atoms with Crippen molar-refractivity contribution >= 4 is 17.7 Å². The van der Waals surface area contributed by atoms with Crippen LogP contribution in [0.4, 0.5) is 0 Å². The van der Waals surface area contributed by atoms with E-state index in [0.717, 1.165) is 23.7 Å². The molecule has 0 unspecified atom stereocenters. The lowest BCUT2D eigenvalue weighted by Crippen LogP contribution is -2.45. The Hall–Kier alpha value is -1.78. The van der Waals surface area contributed by atoms with Crippen molar-refractivity contribution in [3.8, 4) is 11.1 Å². The van der Waals surface area contributed by atoms with E-state index in [1.165, 1.54) is 55.8 Å². The maximum atomic E-state index is 12.5. The summed E-state index contributed by atoms with van der Waals surface area (Å²) in [6, 6.07) is 19.0. The summed E-state index contributed by atoms with van der Waals surface area (Å²) in [7, 11) is 0. The van der Waals surface area contributed by atoms with Crippen molar-refractivity contribution in [2.45, 2.75) is 31.7 Å². The van der Waals surface area contributed by atoms with Crippen LogP contribution >= 0.6 is 11.8 Å². The molecule has 0 saturated carbocycles. The molecule has 0 atom stereocenters. The zero-order valence-electron chi connectivity index (χ0n) is 16.5. The van der Waals surface area contributed by atoms with Gasteiger partial charge in [-0.15, -0.1) is 0 Å². The summed E-state index contributed by atoms with van der Waals surface area (Å²) >= 11 is 2.10. The Kier molecular flexibility index (Phi) is 6.71. The molecule has 2 fully saturated rings. The number of nitrogens with zero attached hydrogens (tertiary/aromatic N) is 1. The van der Waals surface area contributed by atoms with Gasteiger partial charge in [0.1, 0.15) is 0 Å². The minimum Gasteiger partial charge on any atom is -0.352 e. The van der Waals surface area contributed by atoms with Crippen LogP contribution in [0.3, 0.4) is 0 Å². The molecule has 0 aromatic heterocycles. The van der Waals surface area contributed by atoms with E-state index in [-0.39, 0.29) is 5.91 Å². The molecule has 148 valence electrons. The minimum absolute atomic E-state index is 0.0475. The zero-order valence-corrected chi connectivity index (χ0v) is 17.3. The monoisotopic (exact) mass is 394 g/mol. The molecule has 3 nitrogen and oxygen atoms in total. The van der Waals surface area contributed by atoms with Gasteiger partial charge in [0.25, 0.3) is 5.91 Å². The largest absolute Gasteiger partial charge is 0.352 e. The summed E-state index contributed by atoms with van der Waals surface area (Å²) in [4.78, 5) is 15.2. The second-order valence-corrected chi connectivity index (χ2v) is 9.20. The molecule has 2 aliphatic heterocycles. The van der Waals surface area contributed by atoms with E-state index in [1.54, 1.807) is 0 Å². The SMILES string of the molecule is O=C(NCC1CCN(C2CCSCC2)CC1)c1ccc(-c2ccccc2)cc1. The van der Waals surface area contributed by atoms with E-state index in [2.05, 4.69) is 34.1 Å². The average Bonchev–Trinajstić information content (AvgIpc) is 2.79. The first kappa shape index (κ1) is 19.5. The molecular formula is C24H30N2OS. The normalized spacial score (nSPS) is 19.4. The summed E-state index contributed by atoms with van der Waals surface area (Å²) in [6.07, 6.45) is 5.11. The average molecular weight is 395 g/mol. The fraction of sp³-hybridized carbons (Fsp3) is 0.458. The highest BCUT2D eigenvalue weighted by atomic mass is 32.2. The Morgan fingerprint density at radius 3 is 2.21 bits per heavy atom. The predicted molar refractivity (Wildman–Crippen MR) is 119 cm³/mol. The Morgan fingerprint density at radius 2 is 1.54 bits per heavy atom. The standard InChI is InChI=1S/C24H30N2OS/c27-24(22-8-6-21(7-9-22)20-4-2-1-3-5-20)25-18-19-10-14-26(15-11-19)23-12-16-28-17-13-23/h1-9,19,23H,10-18H2,(H,25,27). The van der Waals surface area contributed by atoms with E-state index in [0.29, 0.717) is 5.92 Å². The molecule has 2 aromatic carbocycles. The molecule has 2 heterocycles. The topological polar surface area (TPSA) is 32.3 Å². The molecule has 1 amide bonds. The molecule has 2 saturated heterocycles. The third kappa shape index (κ3) is 4.98. The van der Waals surface area contributed by atoms with Crippen LogP contribution in [-0.4, -0.2) is 48.0 Å². The van der Waals surface area contributed by atoms with E-state index >= 15 is 0 Å². The first-order chi connectivity index (χ1) is 13.8. The summed E-state index contributed by atoms with van der Waals surface area (Å²) in [5.74, 6) is 3.31. The molecule has 0 bridgehead atoms. The number of benzene rings is 2. The number of carbonyl (C=O) groups excluding carboxylic acids is 1. The molecule has 2 aromatic rings. The highest BCUT2D eigenvalue weighted by molar-refractivity contribution is 7.99. The van der Waals surface area contributed by atoms with Gasteiger partial charge in [-0.05, 0) is 79.5 Å². The molecule has 0 aliphatic carbocycles. The molecular weight excluding hydrogens is 364 g/mol. The summed E-state index contributed by atoms with van der Waals surface area (Å²) in [5.41, 5.74) is 3.07. The molecule has 28 heavy (non-hydrogen) atoms. The van der Waals surface area contributed by atoms with Crippen molar-refractivity contribution in [2.24, 2.45) is 5.92 Å². The van der Waals surface area contributed by atoms with Crippen molar-refractivity contribution in [1.29, 1.82) is 0 Å². The van der Waals surface area contributed by atoms with Gasteiger partial charge < -0.3 is 10.2 Å². The first-order valence-electron chi connectivity index (χ1n) is 10.5. The lowest BCUT2D eigenvalue weighted by Gasteiger charge is -2.39. The van der Waals surface area contributed by atoms with Gasteiger partial charge in [0.05, 0.1) is 0 Å². The summed E-state index contributed by atoms with van der Waals surface area (Å²) in [6.45, 7) is 3.19. The van der Waals surface area contributed by atoms with Gasteiger partial charge in [-0.3, -0.25) is 4.79 Å². The molecule has 4 heteroatoms. The predicted octanol–water partition coefficient (Wildman–Crippen LogP) is 4.69. The zero-order chi connectivity index (χ0) is 19.2. The van der Waals surface area contributed by atoms with Gasteiger partial charge in [0, 0.05) is 18.2 Å². The van der Waals surface area contributed by atoms with Crippen LogP contribution in [0.5, 0.6) is 0 Å². The van der Waals surface area contributed by atoms with Crippen LogP contribution in [-0.2, 0) is 0 Å². The van der Waals surface area contributed by atoms with Gasteiger partial charge in [-0.25, -0.2) is 0 Å². The van der Waals surface area contributed by atoms with Crippen LogP contribution in [0, 0.1) is 5.92 Å². The number of hydrogen-bond donors (Lipinski definition) is 1. The lowest BCUT2D eigenvalue weighted by atomic mass is 9.94. The Balaban J connectivity index is 1.23. The van der Waals surface area contributed by atoms with Crippen molar-refractivity contribution in [1.82, 2.24) is 10.2 Å². The molecule has 1 N–H and O–H groups in total. The number of hydrogen-bond acceptors (Lipinski definition) is 3. The maximum absolute atomic E-state index is 12.5. The van der Waals surface area contributed by atoms with E-state index < -0.39 is 0 Å². The number of nitrogens with one attached hydrogen (secondary N) is 1. The van der Waals surface area contributed by atoms with Crippen molar-refractivity contribution in [3.05, 3.63) is 60.2 Å². The van der Waals surface area contributed by atoms with E-state index in [1.807, 2.05) is 42.5 Å². The van der Waals surface area contributed by atoms with Crippen molar-refractivity contribution in [3.63, 3.8) is 0 Å². The number of likely N-dealkylation sites (tertiary alicyclic amines) is 1. The van der Waals surface area contributed by atoms with Crippen LogP contribution in [0.2, 0.25) is 0 Å². The van der Waals surface area contributed by atoms with Gasteiger partial charge in [0.15, 0.2) is 0 Å². The number of piperidine rings is 1. The van der Waals surface area contributed by atoms with E-state index in [4.69, 9.17) is 0 Å². The fourth-order valence-electron chi connectivity index (χ4n) is 4.36. The summed E-state index contributed by atoms with van der Waals surface area (Å²) < 4.78 is 0. The van der Waals surface area contributed by atoms with Gasteiger partial charge in [-0.1, -0.05) is 42.5 Å². The highest BCUT2D eigenvalue weighted by Gasteiger charge is 2.26. The number of thioether (sulfide) groups is 1. The number of rotatable bonds is 5. The fourth-order valence-corrected chi connectivity index (χ4v) is 5.44. The lowest BCUT2D eigenvalue weighted by molar-refractivity contribution is 0.0920. The smallest absolute Gasteiger partial charge is 0.251 e. The van der Waals surface area contributed by atoms with Gasteiger partial charge in [-0.2, -0.15) is 11.8 Å². The van der Waals surface area contributed by atoms with Gasteiger partial charge >= 0.3 is 0 Å². The maximum Gasteiger partial charge on any atom is 0.251 e. The first-order valence-corrected chi connectivity index (χ1v) is 11.7. The molecule has 2 aliphatic rings. The van der Waals surface area contributed by atoms with Crippen LogP contribution in [0.25, 0.3) is 11.1 Å². The van der Waals surface area contributed by atoms with Crippen LogP contribution in [0.15, 0.2) is 54.6 Å². The second-order valence-electron chi connectivity index (χ2n) is 7.98. The molecule has 0 spiro atoms. The number of carbonyl (C=O) groups is 1. The Morgan fingerprint density at radius 1 is 0.893 bits per heavy atom. The molecule has 0 radical (unpaired) electrons. The second kappa shape index (κ2) is 9.62. The Labute approximate surface area is 172 Å². The third-order valence-electron chi connectivity index (χ3n) is 6.16. The summed E-state index contributed by atoms with van der Waals surface area (Å²) in [5, 5.41) is 3.16. The Bertz CT molecular complexity index is 748.